The summed E-state index contributed by atoms with van der Waals surface area (Å²) >= 11 is 0. The molecular formula is C25H29N3O3. The van der Waals surface area contributed by atoms with Gasteiger partial charge in [0, 0.05) is 6.42 Å². The van der Waals surface area contributed by atoms with Crippen molar-refractivity contribution in [3.05, 3.63) is 71.8 Å². The molecule has 1 fully saturated rings. The van der Waals surface area contributed by atoms with Gasteiger partial charge in [0.05, 0.1) is 24.9 Å². The third kappa shape index (κ3) is 4.85. The second kappa shape index (κ2) is 9.88. The number of hydrogen-bond donors (Lipinski definition) is 0. The van der Waals surface area contributed by atoms with E-state index in [9.17, 15) is 9.59 Å². The number of likely N-dealkylation sites (tertiary alicyclic amines) is 1. The van der Waals surface area contributed by atoms with Gasteiger partial charge < -0.3 is 4.74 Å². The lowest BCUT2D eigenvalue weighted by Gasteiger charge is -2.34. The summed E-state index contributed by atoms with van der Waals surface area (Å²) in [5.74, 6) is -0.319. The van der Waals surface area contributed by atoms with Crippen molar-refractivity contribution in [2.75, 3.05) is 19.7 Å². The van der Waals surface area contributed by atoms with Crippen molar-refractivity contribution < 1.29 is 14.3 Å². The fraction of sp³-hybridized carbons (Fsp3) is 0.400. The molecule has 1 saturated heterocycles. The number of benzene rings is 2. The highest BCUT2D eigenvalue weighted by Gasteiger charge is 2.36. The number of esters is 1. The zero-order chi connectivity index (χ0) is 21.6. The average molecular weight is 420 g/mol. The van der Waals surface area contributed by atoms with E-state index in [1.165, 1.54) is 0 Å². The number of carbonyl (C=O) groups excluding carboxylic acids is 2. The lowest BCUT2D eigenvalue weighted by atomic mass is 9.98. The number of hydrazone groups is 1. The lowest BCUT2D eigenvalue weighted by molar-refractivity contribution is -0.152. The van der Waals surface area contributed by atoms with E-state index in [0.717, 1.165) is 36.1 Å². The number of ether oxygens (including phenoxy) is 1. The number of piperidine rings is 1. The van der Waals surface area contributed by atoms with Gasteiger partial charge in [0.15, 0.2) is 0 Å². The first-order valence-corrected chi connectivity index (χ1v) is 11.1. The van der Waals surface area contributed by atoms with Crippen LogP contribution < -0.4 is 0 Å². The van der Waals surface area contributed by atoms with Gasteiger partial charge in [-0.1, -0.05) is 67.1 Å². The van der Waals surface area contributed by atoms with Crippen LogP contribution in [0.3, 0.4) is 0 Å². The molecule has 4 rings (SSSR count). The maximum atomic E-state index is 13.4. The van der Waals surface area contributed by atoms with Gasteiger partial charge in [0.2, 0.25) is 0 Å². The van der Waals surface area contributed by atoms with Crippen LogP contribution in [0.5, 0.6) is 0 Å². The standard InChI is InChI=1S/C25H29N3O3/c1-2-31-25(30)22-15-9-10-16-27(22)18-24(29)28-23(20-13-7-4-8-14-20)17-21(26-28)19-11-5-3-6-12-19/h3-8,11-14,22-23H,2,9-10,15-18H2,1H3/t22-,23-/m1/s1. The van der Waals surface area contributed by atoms with E-state index in [0.29, 0.717) is 19.6 Å². The molecule has 0 unspecified atom stereocenters. The van der Waals surface area contributed by atoms with Gasteiger partial charge in [-0.15, -0.1) is 0 Å². The highest BCUT2D eigenvalue weighted by molar-refractivity contribution is 6.03. The zero-order valence-corrected chi connectivity index (χ0v) is 17.9. The molecule has 2 aromatic carbocycles. The Balaban J connectivity index is 1.57. The van der Waals surface area contributed by atoms with Crippen LogP contribution in [0.15, 0.2) is 65.8 Å². The molecule has 0 radical (unpaired) electrons. The summed E-state index contributed by atoms with van der Waals surface area (Å²) in [6, 6.07) is 19.5. The Morgan fingerprint density at radius 3 is 2.45 bits per heavy atom. The summed E-state index contributed by atoms with van der Waals surface area (Å²) < 4.78 is 5.25. The molecule has 1 amide bonds. The topological polar surface area (TPSA) is 62.2 Å². The Morgan fingerprint density at radius 2 is 1.74 bits per heavy atom. The summed E-state index contributed by atoms with van der Waals surface area (Å²) in [7, 11) is 0. The van der Waals surface area contributed by atoms with Crippen molar-refractivity contribution in [1.29, 1.82) is 0 Å². The first-order chi connectivity index (χ1) is 15.2. The molecule has 2 aliphatic heterocycles. The van der Waals surface area contributed by atoms with Gasteiger partial charge in [-0.2, -0.15) is 5.10 Å². The van der Waals surface area contributed by atoms with Crippen molar-refractivity contribution in [1.82, 2.24) is 9.91 Å². The number of nitrogens with zero attached hydrogens (tertiary/aromatic N) is 3. The smallest absolute Gasteiger partial charge is 0.323 e. The minimum atomic E-state index is -0.354. The Hall–Kier alpha value is -2.99. The molecule has 2 atom stereocenters. The molecule has 2 aromatic rings. The molecule has 2 aliphatic rings. The third-order valence-corrected chi connectivity index (χ3v) is 5.97. The minimum absolute atomic E-state index is 0.0871. The van der Waals surface area contributed by atoms with Crippen LogP contribution in [0.25, 0.3) is 0 Å². The maximum absolute atomic E-state index is 13.4. The first kappa shape index (κ1) is 21.2. The zero-order valence-electron chi connectivity index (χ0n) is 17.9. The van der Waals surface area contributed by atoms with E-state index in [2.05, 4.69) is 0 Å². The molecule has 0 aliphatic carbocycles. The normalized spacial score (nSPS) is 21.6. The summed E-state index contributed by atoms with van der Waals surface area (Å²) in [5, 5.41) is 6.36. The van der Waals surface area contributed by atoms with E-state index >= 15 is 0 Å². The van der Waals surface area contributed by atoms with Crippen LogP contribution in [-0.2, 0) is 14.3 Å². The average Bonchev–Trinajstić information content (AvgIpc) is 3.26. The molecule has 0 N–H and O–H groups in total. The molecule has 31 heavy (non-hydrogen) atoms. The maximum Gasteiger partial charge on any atom is 0.323 e. The number of carbonyl (C=O) groups is 2. The summed E-state index contributed by atoms with van der Waals surface area (Å²) in [5.41, 5.74) is 3.00. The lowest BCUT2D eigenvalue weighted by Crippen LogP contribution is -2.49. The van der Waals surface area contributed by atoms with Gasteiger partial charge in [-0.3, -0.25) is 14.5 Å². The van der Waals surface area contributed by atoms with Crippen molar-refractivity contribution in [2.45, 2.75) is 44.7 Å². The Morgan fingerprint density at radius 1 is 1.03 bits per heavy atom. The summed E-state index contributed by atoms with van der Waals surface area (Å²) in [6.07, 6.45) is 3.35. The largest absolute Gasteiger partial charge is 0.465 e. The van der Waals surface area contributed by atoms with Crippen LogP contribution in [0.1, 0.15) is 49.8 Å². The number of hydrogen-bond acceptors (Lipinski definition) is 5. The van der Waals surface area contributed by atoms with Crippen molar-refractivity contribution >= 4 is 17.6 Å². The van der Waals surface area contributed by atoms with E-state index in [-0.39, 0.29) is 30.5 Å². The van der Waals surface area contributed by atoms with Gasteiger partial charge in [0.1, 0.15) is 6.04 Å². The van der Waals surface area contributed by atoms with Crippen molar-refractivity contribution in [3.8, 4) is 0 Å². The first-order valence-electron chi connectivity index (χ1n) is 11.1. The van der Waals surface area contributed by atoms with Gasteiger partial charge in [0.25, 0.3) is 5.91 Å². The monoisotopic (exact) mass is 419 g/mol. The van der Waals surface area contributed by atoms with Gasteiger partial charge >= 0.3 is 5.97 Å². The molecule has 0 saturated carbocycles. The molecular weight excluding hydrogens is 390 g/mol. The minimum Gasteiger partial charge on any atom is -0.465 e. The highest BCUT2D eigenvalue weighted by Crippen LogP contribution is 2.33. The molecule has 2 heterocycles. The molecule has 162 valence electrons. The van der Waals surface area contributed by atoms with Crippen molar-refractivity contribution in [2.24, 2.45) is 5.10 Å². The Labute approximate surface area is 183 Å². The number of rotatable bonds is 6. The molecule has 6 heteroatoms. The van der Waals surface area contributed by atoms with Crippen LogP contribution >= 0.6 is 0 Å². The molecule has 0 aromatic heterocycles. The predicted octanol–water partition coefficient (Wildman–Crippen LogP) is 3.78. The molecule has 6 nitrogen and oxygen atoms in total. The quantitative estimate of drug-likeness (QED) is 0.669. The van der Waals surface area contributed by atoms with Gasteiger partial charge in [-0.25, -0.2) is 5.01 Å². The predicted molar refractivity (Wildman–Crippen MR) is 119 cm³/mol. The summed E-state index contributed by atoms with van der Waals surface area (Å²) in [6.45, 7) is 3.04. The van der Waals surface area contributed by atoms with Crippen LogP contribution in [0.4, 0.5) is 0 Å². The van der Waals surface area contributed by atoms with Crippen molar-refractivity contribution in [3.63, 3.8) is 0 Å². The second-order valence-electron chi connectivity index (χ2n) is 8.02. The van der Waals surface area contributed by atoms with Crippen LogP contribution in [0.2, 0.25) is 0 Å². The highest BCUT2D eigenvalue weighted by atomic mass is 16.5. The third-order valence-electron chi connectivity index (χ3n) is 5.97. The van der Waals surface area contributed by atoms with E-state index in [1.54, 1.807) is 5.01 Å². The fourth-order valence-electron chi connectivity index (χ4n) is 4.41. The van der Waals surface area contributed by atoms with Gasteiger partial charge in [-0.05, 0) is 37.4 Å². The molecule has 0 spiro atoms. The Kier molecular flexibility index (Phi) is 6.77. The van der Waals surface area contributed by atoms with E-state index < -0.39 is 0 Å². The van der Waals surface area contributed by atoms with Crippen LogP contribution in [-0.4, -0.2) is 53.2 Å². The molecule has 0 bridgehead atoms. The van der Waals surface area contributed by atoms with E-state index in [1.807, 2.05) is 72.5 Å². The fourth-order valence-corrected chi connectivity index (χ4v) is 4.41. The summed E-state index contributed by atoms with van der Waals surface area (Å²) in [4.78, 5) is 27.8. The second-order valence-corrected chi connectivity index (χ2v) is 8.02. The van der Waals surface area contributed by atoms with E-state index in [4.69, 9.17) is 9.84 Å². The SMILES string of the molecule is CCOC(=O)[C@H]1CCCCN1CC(=O)N1N=C(c2ccccc2)C[C@@H]1c1ccccc1. The van der Waals surface area contributed by atoms with Crippen LogP contribution in [0, 0.1) is 0 Å². The number of amides is 1. The Bertz CT molecular complexity index is 930.